The predicted octanol–water partition coefficient (Wildman–Crippen LogP) is 0.808. The molecule has 2 rings (SSSR count). The molecule has 0 radical (unpaired) electrons. The van der Waals surface area contributed by atoms with Gasteiger partial charge in [0.05, 0.1) is 17.5 Å². The van der Waals surface area contributed by atoms with Crippen LogP contribution in [0.3, 0.4) is 0 Å². The van der Waals surface area contributed by atoms with Gasteiger partial charge in [-0.05, 0) is 25.1 Å². The van der Waals surface area contributed by atoms with E-state index in [4.69, 9.17) is 5.73 Å². The molecule has 1 amide bonds. The Bertz CT molecular complexity index is 1030. The van der Waals surface area contributed by atoms with E-state index in [0.29, 0.717) is 16.8 Å². The SMILES string of the molecule is Cc1cc(C#N)c(-c2cccc(C(=O)N=C(N)NOS(C)(=O)=O)c2)n1C. The van der Waals surface area contributed by atoms with Crippen molar-refractivity contribution in [3.8, 4) is 17.3 Å². The lowest BCUT2D eigenvalue weighted by molar-refractivity contribution is 0.100. The van der Waals surface area contributed by atoms with Crippen LogP contribution in [-0.2, 0) is 21.4 Å². The number of nitrogens with two attached hydrogens (primary N) is 1. The molecule has 0 saturated heterocycles. The molecule has 26 heavy (non-hydrogen) atoms. The van der Waals surface area contributed by atoms with Crippen molar-refractivity contribution < 1.29 is 17.5 Å². The number of nitrogens with one attached hydrogen (secondary N) is 1. The number of aromatic nitrogens is 1. The van der Waals surface area contributed by atoms with Gasteiger partial charge in [-0.3, -0.25) is 4.79 Å². The minimum atomic E-state index is -3.79. The molecule has 0 atom stereocenters. The van der Waals surface area contributed by atoms with E-state index in [1.54, 1.807) is 24.3 Å². The Morgan fingerprint density at radius 2 is 2.08 bits per heavy atom. The average Bonchev–Trinajstić information content (AvgIpc) is 2.87. The lowest BCUT2D eigenvalue weighted by Crippen LogP contribution is -2.34. The van der Waals surface area contributed by atoms with Crippen molar-refractivity contribution in [3.63, 3.8) is 0 Å². The van der Waals surface area contributed by atoms with Crippen LogP contribution in [-0.4, -0.2) is 31.1 Å². The maximum atomic E-state index is 12.2. The Morgan fingerprint density at radius 1 is 1.38 bits per heavy atom. The zero-order chi connectivity index (χ0) is 19.5. The van der Waals surface area contributed by atoms with E-state index in [0.717, 1.165) is 11.9 Å². The van der Waals surface area contributed by atoms with Crippen LogP contribution in [0.4, 0.5) is 0 Å². The van der Waals surface area contributed by atoms with Crippen molar-refractivity contribution >= 4 is 22.0 Å². The summed E-state index contributed by atoms with van der Waals surface area (Å²) in [5.74, 6) is -1.20. The van der Waals surface area contributed by atoms with Gasteiger partial charge < -0.3 is 10.3 Å². The number of carbonyl (C=O) groups excluding carboxylic acids is 1. The highest BCUT2D eigenvalue weighted by Crippen LogP contribution is 2.27. The van der Waals surface area contributed by atoms with Gasteiger partial charge in [-0.1, -0.05) is 12.1 Å². The number of benzene rings is 1. The molecule has 0 aliphatic heterocycles. The van der Waals surface area contributed by atoms with Crippen LogP contribution >= 0.6 is 0 Å². The number of rotatable bonds is 4. The Hall–Kier alpha value is -3.16. The molecule has 1 heterocycles. The van der Waals surface area contributed by atoms with Crippen LogP contribution in [0.5, 0.6) is 0 Å². The molecule has 1 aromatic carbocycles. The molecular weight excluding hydrogens is 358 g/mol. The van der Waals surface area contributed by atoms with Crippen LogP contribution in [0.15, 0.2) is 35.3 Å². The monoisotopic (exact) mass is 375 g/mol. The fraction of sp³-hybridized carbons (Fsp3) is 0.188. The number of hydroxylamine groups is 1. The minimum absolute atomic E-state index is 0.217. The normalized spacial score (nSPS) is 11.8. The standard InChI is InChI=1S/C16H17N5O4S/c1-10-7-13(9-17)14(21(10)2)11-5-4-6-12(8-11)15(22)19-16(18)20-25-26(3,23)24/h4-8H,1-3H3,(H3,18,19,20,22). The number of guanidine groups is 1. The van der Waals surface area contributed by atoms with Crippen molar-refractivity contribution in [3.05, 3.63) is 47.2 Å². The number of aryl methyl sites for hydroxylation is 1. The maximum Gasteiger partial charge on any atom is 0.285 e. The van der Waals surface area contributed by atoms with Crippen molar-refractivity contribution in [2.75, 3.05) is 6.26 Å². The molecular formula is C16H17N5O4S. The third-order valence-corrected chi connectivity index (χ3v) is 3.88. The summed E-state index contributed by atoms with van der Waals surface area (Å²) in [6.45, 7) is 1.87. The summed E-state index contributed by atoms with van der Waals surface area (Å²) in [5, 5.41) is 9.30. The summed E-state index contributed by atoms with van der Waals surface area (Å²) in [5.41, 5.74) is 10.2. The van der Waals surface area contributed by atoms with Gasteiger partial charge in [0.2, 0.25) is 5.96 Å². The average molecular weight is 375 g/mol. The summed E-state index contributed by atoms with van der Waals surface area (Å²) in [4.78, 5) is 15.8. The maximum absolute atomic E-state index is 12.2. The molecule has 0 fully saturated rings. The van der Waals surface area contributed by atoms with E-state index >= 15 is 0 Å². The zero-order valence-electron chi connectivity index (χ0n) is 14.3. The smallest absolute Gasteiger partial charge is 0.285 e. The van der Waals surface area contributed by atoms with E-state index in [-0.39, 0.29) is 5.56 Å². The molecule has 136 valence electrons. The van der Waals surface area contributed by atoms with Gasteiger partial charge in [0.1, 0.15) is 6.07 Å². The van der Waals surface area contributed by atoms with Gasteiger partial charge in [0.25, 0.3) is 16.0 Å². The van der Waals surface area contributed by atoms with Crippen LogP contribution in [0.2, 0.25) is 0 Å². The highest BCUT2D eigenvalue weighted by atomic mass is 32.2. The largest absolute Gasteiger partial charge is 0.368 e. The molecule has 0 aliphatic rings. The lowest BCUT2D eigenvalue weighted by atomic mass is 10.1. The predicted molar refractivity (Wildman–Crippen MR) is 95.3 cm³/mol. The van der Waals surface area contributed by atoms with Crippen molar-refractivity contribution in [1.82, 2.24) is 10.0 Å². The van der Waals surface area contributed by atoms with Gasteiger partial charge in [0, 0.05) is 23.9 Å². The Morgan fingerprint density at radius 3 is 2.69 bits per heavy atom. The molecule has 0 bridgehead atoms. The van der Waals surface area contributed by atoms with Gasteiger partial charge in [-0.15, -0.1) is 4.28 Å². The number of carbonyl (C=O) groups is 1. The summed E-state index contributed by atoms with van der Waals surface area (Å²) in [7, 11) is -1.97. The molecule has 9 nitrogen and oxygen atoms in total. The fourth-order valence-electron chi connectivity index (χ4n) is 2.28. The number of aliphatic imine (C=N–C) groups is 1. The topological polar surface area (TPSA) is 140 Å². The fourth-order valence-corrected chi connectivity index (χ4v) is 2.52. The Balaban J connectivity index is 2.33. The second-order valence-corrected chi connectivity index (χ2v) is 7.07. The summed E-state index contributed by atoms with van der Waals surface area (Å²) < 4.78 is 27.8. The van der Waals surface area contributed by atoms with Crippen LogP contribution in [0, 0.1) is 18.3 Å². The van der Waals surface area contributed by atoms with E-state index in [9.17, 15) is 18.5 Å². The van der Waals surface area contributed by atoms with E-state index in [1.165, 1.54) is 6.07 Å². The molecule has 0 aliphatic carbocycles. The summed E-state index contributed by atoms with van der Waals surface area (Å²) in [6.07, 6.45) is 0.813. The first-order chi connectivity index (χ1) is 12.1. The zero-order valence-corrected chi connectivity index (χ0v) is 15.2. The molecule has 3 N–H and O–H groups in total. The number of nitrogens with zero attached hydrogens (tertiary/aromatic N) is 3. The minimum Gasteiger partial charge on any atom is -0.368 e. The molecule has 0 saturated carbocycles. The van der Waals surface area contributed by atoms with Crippen molar-refractivity contribution in [2.24, 2.45) is 17.8 Å². The van der Waals surface area contributed by atoms with Crippen LogP contribution in [0.25, 0.3) is 11.3 Å². The second-order valence-electron chi connectivity index (χ2n) is 5.49. The van der Waals surface area contributed by atoms with Crippen molar-refractivity contribution in [2.45, 2.75) is 6.92 Å². The van der Waals surface area contributed by atoms with Gasteiger partial charge in [-0.25, -0.2) is 5.48 Å². The molecule has 0 unspecified atom stereocenters. The van der Waals surface area contributed by atoms with Gasteiger partial charge in [0.15, 0.2) is 0 Å². The van der Waals surface area contributed by atoms with Crippen LogP contribution in [0.1, 0.15) is 21.6 Å². The van der Waals surface area contributed by atoms with E-state index < -0.39 is 22.0 Å². The van der Waals surface area contributed by atoms with Crippen LogP contribution < -0.4 is 11.2 Å². The summed E-state index contributed by atoms with van der Waals surface area (Å²) >= 11 is 0. The highest BCUT2D eigenvalue weighted by Gasteiger charge is 2.14. The van der Waals surface area contributed by atoms with E-state index in [1.807, 2.05) is 24.0 Å². The summed E-state index contributed by atoms with van der Waals surface area (Å²) in [6, 6.07) is 10.4. The van der Waals surface area contributed by atoms with E-state index in [2.05, 4.69) is 15.3 Å². The first-order valence-corrected chi connectivity index (χ1v) is 9.14. The van der Waals surface area contributed by atoms with Gasteiger partial charge >= 0.3 is 0 Å². The quantitative estimate of drug-likeness (QED) is 0.458. The molecule has 0 spiro atoms. The number of hydrogen-bond donors (Lipinski definition) is 2. The lowest BCUT2D eigenvalue weighted by Gasteiger charge is -2.08. The number of nitriles is 1. The Kier molecular flexibility index (Phi) is 5.44. The second kappa shape index (κ2) is 7.38. The number of hydrogen-bond acceptors (Lipinski definition) is 5. The van der Waals surface area contributed by atoms with Crippen molar-refractivity contribution in [1.29, 1.82) is 5.26 Å². The first-order valence-electron chi connectivity index (χ1n) is 7.32. The number of amides is 1. The first kappa shape index (κ1) is 19.2. The highest BCUT2D eigenvalue weighted by molar-refractivity contribution is 7.85. The third kappa shape index (κ3) is 4.47. The third-order valence-electron chi connectivity index (χ3n) is 3.50. The Labute approximate surface area is 150 Å². The molecule has 2 aromatic rings. The molecule has 1 aromatic heterocycles. The van der Waals surface area contributed by atoms with Gasteiger partial charge in [-0.2, -0.15) is 18.7 Å². The molecule has 10 heteroatoms.